The number of piperidine rings is 1. The summed E-state index contributed by atoms with van der Waals surface area (Å²) in [7, 11) is 0. The van der Waals surface area contributed by atoms with Crippen molar-refractivity contribution in [3.05, 3.63) is 35.1 Å². The van der Waals surface area contributed by atoms with Crippen LogP contribution in [0, 0.1) is 12.7 Å². The molecule has 0 bridgehead atoms. The number of halogens is 1. The average Bonchev–Trinajstić information content (AvgIpc) is 2.24. The minimum atomic E-state index is -0.205. The Labute approximate surface area is 95.1 Å². The SMILES string of the molecule is Cc1ccc(F)cc1CN1CCCC(=O)C1. The van der Waals surface area contributed by atoms with E-state index in [0.717, 1.165) is 24.1 Å². The Bertz CT molecular complexity index is 403. The second-order valence-corrected chi connectivity index (χ2v) is 4.42. The maximum Gasteiger partial charge on any atom is 0.146 e. The number of Topliss-reactive ketones (excluding diaryl/α,β-unsaturated/α-hetero) is 1. The van der Waals surface area contributed by atoms with Gasteiger partial charge in [-0.2, -0.15) is 0 Å². The molecule has 0 saturated carbocycles. The van der Waals surface area contributed by atoms with Crippen LogP contribution >= 0.6 is 0 Å². The Hall–Kier alpha value is -1.22. The number of rotatable bonds is 2. The molecule has 1 aliphatic heterocycles. The molecule has 0 unspecified atom stereocenters. The molecule has 1 aromatic rings. The van der Waals surface area contributed by atoms with Crippen LogP contribution in [-0.4, -0.2) is 23.8 Å². The van der Waals surface area contributed by atoms with E-state index in [1.165, 1.54) is 6.07 Å². The molecule has 0 atom stereocenters. The van der Waals surface area contributed by atoms with Crippen LogP contribution in [0.25, 0.3) is 0 Å². The van der Waals surface area contributed by atoms with Crippen LogP contribution < -0.4 is 0 Å². The fraction of sp³-hybridized carbons (Fsp3) is 0.462. The van der Waals surface area contributed by atoms with Crippen LogP contribution in [0.3, 0.4) is 0 Å². The first kappa shape index (κ1) is 11.3. The van der Waals surface area contributed by atoms with Crippen LogP contribution in [0.1, 0.15) is 24.0 Å². The lowest BCUT2D eigenvalue weighted by Crippen LogP contribution is -2.35. The number of carbonyl (C=O) groups excluding carboxylic acids is 1. The largest absolute Gasteiger partial charge is 0.298 e. The van der Waals surface area contributed by atoms with E-state index in [9.17, 15) is 9.18 Å². The van der Waals surface area contributed by atoms with E-state index in [1.54, 1.807) is 12.1 Å². The molecule has 0 spiro atoms. The third-order valence-electron chi connectivity index (χ3n) is 3.04. The van der Waals surface area contributed by atoms with Crippen molar-refractivity contribution >= 4 is 5.78 Å². The zero-order chi connectivity index (χ0) is 11.5. The number of hydrogen-bond donors (Lipinski definition) is 0. The Morgan fingerprint density at radius 2 is 2.25 bits per heavy atom. The van der Waals surface area contributed by atoms with Gasteiger partial charge in [0.1, 0.15) is 11.6 Å². The molecule has 0 aromatic heterocycles. The topological polar surface area (TPSA) is 20.3 Å². The summed E-state index contributed by atoms with van der Waals surface area (Å²) in [6.45, 7) is 4.09. The number of hydrogen-bond acceptors (Lipinski definition) is 2. The predicted octanol–water partition coefficient (Wildman–Crippen LogP) is 2.30. The zero-order valence-electron chi connectivity index (χ0n) is 9.50. The zero-order valence-corrected chi connectivity index (χ0v) is 9.50. The van der Waals surface area contributed by atoms with E-state index in [-0.39, 0.29) is 5.82 Å². The molecule has 1 saturated heterocycles. The van der Waals surface area contributed by atoms with Gasteiger partial charge >= 0.3 is 0 Å². The third-order valence-corrected chi connectivity index (χ3v) is 3.04. The van der Waals surface area contributed by atoms with Crippen LogP contribution in [0.15, 0.2) is 18.2 Å². The highest BCUT2D eigenvalue weighted by molar-refractivity contribution is 5.81. The van der Waals surface area contributed by atoms with Crippen LogP contribution in [0.5, 0.6) is 0 Å². The number of benzene rings is 1. The van der Waals surface area contributed by atoms with Crippen molar-refractivity contribution in [2.24, 2.45) is 0 Å². The molecule has 1 aliphatic rings. The van der Waals surface area contributed by atoms with Gasteiger partial charge in [0.15, 0.2) is 0 Å². The summed E-state index contributed by atoms with van der Waals surface area (Å²) >= 11 is 0. The molecule has 3 heteroatoms. The maximum atomic E-state index is 13.1. The van der Waals surface area contributed by atoms with Gasteiger partial charge in [0.25, 0.3) is 0 Å². The van der Waals surface area contributed by atoms with Crippen molar-refractivity contribution in [1.29, 1.82) is 0 Å². The van der Waals surface area contributed by atoms with Gasteiger partial charge in [-0.15, -0.1) is 0 Å². The van der Waals surface area contributed by atoms with Gasteiger partial charge in [0.05, 0.1) is 6.54 Å². The Morgan fingerprint density at radius 1 is 1.44 bits per heavy atom. The summed E-state index contributed by atoms with van der Waals surface area (Å²) in [5.74, 6) is 0.0873. The smallest absolute Gasteiger partial charge is 0.146 e. The molecule has 1 fully saturated rings. The fourth-order valence-corrected chi connectivity index (χ4v) is 2.09. The number of likely N-dealkylation sites (tertiary alicyclic amines) is 1. The molecule has 1 aromatic carbocycles. The van der Waals surface area contributed by atoms with Crippen molar-refractivity contribution in [3.63, 3.8) is 0 Å². The van der Waals surface area contributed by atoms with Crippen molar-refractivity contribution in [2.45, 2.75) is 26.3 Å². The van der Waals surface area contributed by atoms with E-state index in [4.69, 9.17) is 0 Å². The standard InChI is InChI=1S/C13H16FNO/c1-10-4-5-12(14)7-11(10)8-15-6-2-3-13(16)9-15/h4-5,7H,2-3,6,8-9H2,1H3. The first-order valence-electron chi connectivity index (χ1n) is 5.64. The lowest BCUT2D eigenvalue weighted by atomic mass is 10.1. The van der Waals surface area contributed by atoms with Crippen molar-refractivity contribution < 1.29 is 9.18 Å². The molecule has 16 heavy (non-hydrogen) atoms. The molecule has 0 amide bonds. The van der Waals surface area contributed by atoms with Crippen molar-refractivity contribution in [2.75, 3.05) is 13.1 Å². The van der Waals surface area contributed by atoms with Crippen molar-refractivity contribution in [3.8, 4) is 0 Å². The summed E-state index contributed by atoms with van der Waals surface area (Å²) in [5, 5.41) is 0. The molecule has 0 N–H and O–H groups in total. The molecule has 2 rings (SSSR count). The first-order chi connectivity index (χ1) is 7.65. The Kier molecular flexibility index (Phi) is 3.34. The number of ketones is 1. The molecular weight excluding hydrogens is 205 g/mol. The summed E-state index contributed by atoms with van der Waals surface area (Å²) in [4.78, 5) is 13.4. The molecular formula is C13H16FNO. The summed E-state index contributed by atoms with van der Waals surface area (Å²) in [6.07, 6.45) is 1.62. The highest BCUT2D eigenvalue weighted by Crippen LogP contribution is 2.15. The summed E-state index contributed by atoms with van der Waals surface area (Å²) in [5.41, 5.74) is 2.06. The minimum Gasteiger partial charge on any atom is -0.298 e. The minimum absolute atomic E-state index is 0.205. The monoisotopic (exact) mass is 221 g/mol. The second kappa shape index (κ2) is 4.74. The van der Waals surface area contributed by atoms with Gasteiger partial charge in [-0.25, -0.2) is 4.39 Å². The Morgan fingerprint density at radius 3 is 3.00 bits per heavy atom. The lowest BCUT2D eigenvalue weighted by Gasteiger charge is -2.26. The molecule has 0 aliphatic carbocycles. The van der Waals surface area contributed by atoms with E-state index < -0.39 is 0 Å². The van der Waals surface area contributed by atoms with Crippen LogP contribution in [-0.2, 0) is 11.3 Å². The molecule has 2 nitrogen and oxygen atoms in total. The van der Waals surface area contributed by atoms with E-state index in [2.05, 4.69) is 4.90 Å². The maximum absolute atomic E-state index is 13.1. The van der Waals surface area contributed by atoms with E-state index in [0.29, 0.717) is 25.3 Å². The van der Waals surface area contributed by atoms with E-state index >= 15 is 0 Å². The molecule has 1 heterocycles. The van der Waals surface area contributed by atoms with Crippen molar-refractivity contribution in [1.82, 2.24) is 4.90 Å². The Balaban J connectivity index is 2.08. The summed E-state index contributed by atoms with van der Waals surface area (Å²) in [6, 6.07) is 4.82. The lowest BCUT2D eigenvalue weighted by molar-refractivity contribution is -0.122. The van der Waals surface area contributed by atoms with Gasteiger partial charge in [0.2, 0.25) is 0 Å². The highest BCUT2D eigenvalue weighted by atomic mass is 19.1. The third kappa shape index (κ3) is 2.67. The van der Waals surface area contributed by atoms with Gasteiger partial charge in [-0.1, -0.05) is 6.07 Å². The predicted molar refractivity (Wildman–Crippen MR) is 60.7 cm³/mol. The van der Waals surface area contributed by atoms with E-state index in [1.807, 2.05) is 6.92 Å². The fourth-order valence-electron chi connectivity index (χ4n) is 2.09. The highest BCUT2D eigenvalue weighted by Gasteiger charge is 2.17. The molecule has 0 radical (unpaired) electrons. The number of aryl methyl sites for hydroxylation is 1. The number of nitrogens with zero attached hydrogens (tertiary/aromatic N) is 1. The first-order valence-corrected chi connectivity index (χ1v) is 5.64. The van der Waals surface area contributed by atoms with Crippen LogP contribution in [0.4, 0.5) is 4.39 Å². The van der Waals surface area contributed by atoms with Gasteiger partial charge in [-0.05, 0) is 43.1 Å². The van der Waals surface area contributed by atoms with Crippen LogP contribution in [0.2, 0.25) is 0 Å². The second-order valence-electron chi connectivity index (χ2n) is 4.42. The summed E-state index contributed by atoms with van der Waals surface area (Å²) < 4.78 is 13.1. The number of carbonyl (C=O) groups is 1. The normalized spacial score (nSPS) is 17.8. The quantitative estimate of drug-likeness (QED) is 0.763. The van der Waals surface area contributed by atoms with Gasteiger partial charge in [0, 0.05) is 13.0 Å². The van der Waals surface area contributed by atoms with Gasteiger partial charge in [-0.3, -0.25) is 9.69 Å². The molecule has 86 valence electrons. The average molecular weight is 221 g/mol. The van der Waals surface area contributed by atoms with Gasteiger partial charge < -0.3 is 0 Å².